The van der Waals surface area contributed by atoms with Crippen LogP contribution in [0.2, 0.25) is 0 Å². The minimum atomic E-state index is -0.919. The van der Waals surface area contributed by atoms with Gasteiger partial charge in [-0.05, 0) is 30.1 Å². The zero-order valence-electron chi connectivity index (χ0n) is 16.6. The fraction of sp³-hybridized carbons (Fsp3) is 0.455. The summed E-state index contributed by atoms with van der Waals surface area (Å²) in [7, 11) is 1.24. The van der Waals surface area contributed by atoms with Gasteiger partial charge in [-0.3, -0.25) is 4.79 Å². The van der Waals surface area contributed by atoms with Gasteiger partial charge in [-0.1, -0.05) is 42.5 Å². The molecular formula is C22H28FNO5. The average molecular weight is 405 g/mol. The maximum Gasteiger partial charge on any atom is 0.331 e. The lowest BCUT2D eigenvalue weighted by molar-refractivity contribution is -0.158. The standard InChI is InChI=1S/C22H28FNO5/c1-28-21(27)16-29-22(24-14-6-5-9-20(24)26)18(12-13-23)10-11-19(25)15-17-7-3-2-4-8-17/h2-4,7-8,10-12,19,22,25H,5-6,9,13-16H2,1H3/t19?,22-/m1/s1. The number of piperidine rings is 1. The topological polar surface area (TPSA) is 76.1 Å². The van der Waals surface area contributed by atoms with E-state index in [2.05, 4.69) is 4.74 Å². The summed E-state index contributed by atoms with van der Waals surface area (Å²) in [5, 5.41) is 10.3. The molecule has 7 heteroatoms. The molecule has 0 saturated carbocycles. The van der Waals surface area contributed by atoms with Gasteiger partial charge in [-0.2, -0.15) is 0 Å². The number of carbonyl (C=O) groups excluding carboxylic acids is 2. The molecule has 1 aliphatic rings. The van der Waals surface area contributed by atoms with Gasteiger partial charge in [0.2, 0.25) is 5.91 Å². The Bertz CT molecular complexity index is 719. The maximum absolute atomic E-state index is 13.2. The Morgan fingerprint density at radius 2 is 2.07 bits per heavy atom. The lowest BCUT2D eigenvalue weighted by atomic mass is 10.0. The second-order valence-corrected chi connectivity index (χ2v) is 6.76. The lowest BCUT2D eigenvalue weighted by Crippen LogP contribution is -2.46. The molecule has 6 nitrogen and oxygen atoms in total. The third kappa shape index (κ3) is 7.44. The van der Waals surface area contributed by atoms with Gasteiger partial charge in [0.25, 0.3) is 0 Å². The number of benzene rings is 1. The van der Waals surface area contributed by atoms with Gasteiger partial charge in [0.15, 0.2) is 6.23 Å². The van der Waals surface area contributed by atoms with Crippen LogP contribution in [0.15, 0.2) is 54.1 Å². The number of alkyl halides is 1. The Balaban J connectivity index is 2.16. The van der Waals surface area contributed by atoms with Crippen LogP contribution in [-0.2, 0) is 25.5 Å². The molecule has 0 aromatic heterocycles. The minimum absolute atomic E-state index is 0.117. The molecule has 0 aliphatic carbocycles. The highest BCUT2D eigenvalue weighted by molar-refractivity contribution is 5.77. The summed E-state index contributed by atoms with van der Waals surface area (Å²) >= 11 is 0. The van der Waals surface area contributed by atoms with Gasteiger partial charge in [0.1, 0.15) is 13.3 Å². The van der Waals surface area contributed by atoms with Crippen molar-refractivity contribution in [3.05, 3.63) is 59.7 Å². The number of allylic oxidation sites excluding steroid dienone is 1. The SMILES string of the molecule is COC(=O)CO[C@H](C(C=CC(O)Cc1ccccc1)=CCF)N1CCCCC1=O. The number of halogens is 1. The Kier molecular flexibility index (Phi) is 9.53. The summed E-state index contributed by atoms with van der Waals surface area (Å²) in [5.41, 5.74) is 1.34. The summed E-state index contributed by atoms with van der Waals surface area (Å²) in [6.07, 6.45) is 5.03. The van der Waals surface area contributed by atoms with E-state index in [4.69, 9.17) is 4.74 Å². The van der Waals surface area contributed by atoms with Crippen molar-refractivity contribution < 1.29 is 28.6 Å². The quantitative estimate of drug-likeness (QED) is 0.478. The highest BCUT2D eigenvalue weighted by Crippen LogP contribution is 2.21. The van der Waals surface area contributed by atoms with E-state index in [1.165, 1.54) is 24.2 Å². The normalized spacial score (nSPS) is 17.4. The molecule has 1 N–H and O–H groups in total. The zero-order chi connectivity index (χ0) is 21.1. The lowest BCUT2D eigenvalue weighted by Gasteiger charge is -2.35. The number of likely N-dealkylation sites (tertiary alicyclic amines) is 1. The number of rotatable bonds is 10. The number of hydrogen-bond donors (Lipinski definition) is 1. The number of amides is 1. The van der Waals surface area contributed by atoms with Crippen molar-refractivity contribution in [1.29, 1.82) is 0 Å². The number of ether oxygens (including phenoxy) is 2. The van der Waals surface area contributed by atoms with E-state index < -0.39 is 25.0 Å². The summed E-state index contributed by atoms with van der Waals surface area (Å²) < 4.78 is 23.4. The first-order valence-electron chi connectivity index (χ1n) is 9.69. The molecular weight excluding hydrogens is 377 g/mol. The molecule has 29 heavy (non-hydrogen) atoms. The molecule has 1 aromatic carbocycles. The van der Waals surface area contributed by atoms with E-state index in [9.17, 15) is 19.1 Å². The number of hydrogen-bond acceptors (Lipinski definition) is 5. The number of aliphatic hydroxyl groups excluding tert-OH is 1. The molecule has 1 heterocycles. The van der Waals surface area contributed by atoms with Gasteiger partial charge >= 0.3 is 5.97 Å². The second kappa shape index (κ2) is 12.1. The number of methoxy groups -OCH3 is 1. The van der Waals surface area contributed by atoms with Gasteiger partial charge in [-0.15, -0.1) is 0 Å². The number of nitrogens with zero attached hydrogens (tertiary/aromatic N) is 1. The first kappa shape index (κ1) is 22.8. The molecule has 0 bridgehead atoms. The third-order valence-corrected chi connectivity index (χ3v) is 4.63. The highest BCUT2D eigenvalue weighted by atomic mass is 19.1. The fourth-order valence-electron chi connectivity index (χ4n) is 3.13. The van der Waals surface area contributed by atoms with E-state index in [1.54, 1.807) is 6.08 Å². The summed E-state index contributed by atoms with van der Waals surface area (Å²) in [4.78, 5) is 25.4. The van der Waals surface area contributed by atoms with Crippen LogP contribution in [0, 0.1) is 0 Å². The van der Waals surface area contributed by atoms with Crippen molar-refractivity contribution in [2.24, 2.45) is 0 Å². The Morgan fingerprint density at radius 1 is 1.31 bits per heavy atom. The maximum atomic E-state index is 13.2. The molecule has 158 valence electrons. The minimum Gasteiger partial charge on any atom is -0.467 e. The van der Waals surface area contributed by atoms with Crippen molar-refractivity contribution in [3.63, 3.8) is 0 Å². The van der Waals surface area contributed by atoms with Crippen LogP contribution in [0.5, 0.6) is 0 Å². The summed E-state index contributed by atoms with van der Waals surface area (Å²) in [6.45, 7) is -0.682. The van der Waals surface area contributed by atoms with E-state index in [1.807, 2.05) is 30.3 Å². The average Bonchev–Trinajstić information content (AvgIpc) is 2.73. The molecule has 0 radical (unpaired) electrons. The van der Waals surface area contributed by atoms with Crippen LogP contribution in [0.3, 0.4) is 0 Å². The van der Waals surface area contributed by atoms with Crippen LogP contribution in [-0.4, -0.2) is 61.2 Å². The van der Waals surface area contributed by atoms with Crippen LogP contribution < -0.4 is 0 Å². The second-order valence-electron chi connectivity index (χ2n) is 6.76. The first-order valence-corrected chi connectivity index (χ1v) is 9.69. The van der Waals surface area contributed by atoms with Crippen molar-refractivity contribution in [2.45, 2.75) is 38.0 Å². The molecule has 1 aliphatic heterocycles. The first-order chi connectivity index (χ1) is 14.0. The van der Waals surface area contributed by atoms with E-state index in [0.717, 1.165) is 18.4 Å². The van der Waals surface area contributed by atoms with E-state index >= 15 is 0 Å². The van der Waals surface area contributed by atoms with Gasteiger partial charge in [-0.25, -0.2) is 9.18 Å². The monoisotopic (exact) mass is 405 g/mol. The van der Waals surface area contributed by atoms with Crippen LogP contribution in [0.4, 0.5) is 4.39 Å². The van der Waals surface area contributed by atoms with E-state index in [-0.39, 0.29) is 12.5 Å². The molecule has 1 fully saturated rings. The molecule has 1 amide bonds. The van der Waals surface area contributed by atoms with Gasteiger partial charge in [0, 0.05) is 19.4 Å². The molecule has 1 unspecified atom stereocenters. The van der Waals surface area contributed by atoms with Crippen molar-refractivity contribution in [3.8, 4) is 0 Å². The summed E-state index contributed by atoms with van der Waals surface area (Å²) in [6, 6.07) is 9.48. The van der Waals surface area contributed by atoms with Gasteiger partial charge in [0.05, 0.1) is 13.2 Å². The highest BCUT2D eigenvalue weighted by Gasteiger charge is 2.29. The van der Waals surface area contributed by atoms with Gasteiger partial charge < -0.3 is 19.5 Å². The molecule has 1 saturated heterocycles. The largest absolute Gasteiger partial charge is 0.467 e. The number of carbonyl (C=O) groups is 2. The van der Waals surface area contributed by atoms with E-state index in [0.29, 0.717) is 25.0 Å². The smallest absolute Gasteiger partial charge is 0.331 e. The summed E-state index contributed by atoms with van der Waals surface area (Å²) in [5.74, 6) is -0.707. The zero-order valence-corrected chi connectivity index (χ0v) is 16.6. The van der Waals surface area contributed by atoms with Crippen LogP contribution in [0.1, 0.15) is 24.8 Å². The molecule has 0 spiro atoms. The molecule has 1 aromatic rings. The Hall–Kier alpha value is -2.51. The van der Waals surface area contributed by atoms with Crippen molar-refractivity contribution in [1.82, 2.24) is 4.90 Å². The Morgan fingerprint density at radius 3 is 2.72 bits per heavy atom. The third-order valence-electron chi connectivity index (χ3n) is 4.63. The predicted octanol–water partition coefficient (Wildman–Crippen LogP) is 2.57. The van der Waals surface area contributed by atoms with Crippen molar-refractivity contribution >= 4 is 11.9 Å². The van der Waals surface area contributed by atoms with Crippen LogP contribution in [0.25, 0.3) is 0 Å². The fourth-order valence-corrected chi connectivity index (χ4v) is 3.13. The van der Waals surface area contributed by atoms with Crippen molar-refractivity contribution in [2.75, 3.05) is 26.9 Å². The molecule has 2 rings (SSSR count). The molecule has 2 atom stereocenters. The number of aliphatic hydroxyl groups is 1. The van der Waals surface area contributed by atoms with Crippen LogP contribution >= 0.6 is 0 Å². The predicted molar refractivity (Wildman–Crippen MR) is 107 cm³/mol. The Labute approximate surface area is 170 Å². The number of esters is 1.